The maximum absolute atomic E-state index is 5.96. The summed E-state index contributed by atoms with van der Waals surface area (Å²) in [7, 11) is 0. The lowest BCUT2D eigenvalue weighted by molar-refractivity contribution is 0.198. The van der Waals surface area contributed by atoms with Crippen molar-refractivity contribution in [1.82, 2.24) is 15.1 Å². The van der Waals surface area contributed by atoms with Crippen molar-refractivity contribution in [1.29, 1.82) is 0 Å². The predicted octanol–water partition coefficient (Wildman–Crippen LogP) is 4.58. The van der Waals surface area contributed by atoms with Crippen molar-refractivity contribution >= 4 is 0 Å². The molecule has 128 valence electrons. The molecule has 3 aromatic rings. The Morgan fingerprint density at radius 3 is 2.76 bits per heavy atom. The zero-order valence-electron chi connectivity index (χ0n) is 14.3. The minimum atomic E-state index is 0.556. The van der Waals surface area contributed by atoms with Crippen LogP contribution in [0.1, 0.15) is 30.0 Å². The smallest absolute Gasteiger partial charge is 0.127 e. The minimum absolute atomic E-state index is 0.556. The topological polar surface area (TPSA) is 41.1 Å². The van der Waals surface area contributed by atoms with E-state index in [1.165, 1.54) is 24.1 Å². The molecule has 1 saturated heterocycles. The summed E-state index contributed by atoms with van der Waals surface area (Å²) >= 11 is 0. The number of likely N-dealkylation sites (tertiary alicyclic amines) is 1. The maximum atomic E-state index is 5.96. The van der Waals surface area contributed by atoms with Crippen LogP contribution in [0.3, 0.4) is 0 Å². The van der Waals surface area contributed by atoms with Crippen LogP contribution in [0.5, 0.6) is 11.5 Å². The van der Waals surface area contributed by atoms with Crippen LogP contribution < -0.4 is 4.74 Å². The lowest BCUT2D eigenvalue weighted by atomic mass is 9.94. The Labute approximate surface area is 148 Å². The van der Waals surface area contributed by atoms with Crippen molar-refractivity contribution < 1.29 is 4.74 Å². The van der Waals surface area contributed by atoms with Crippen LogP contribution in [-0.2, 0) is 6.54 Å². The van der Waals surface area contributed by atoms with Crippen molar-refractivity contribution in [3.8, 4) is 11.5 Å². The molecule has 4 heteroatoms. The van der Waals surface area contributed by atoms with E-state index in [0.29, 0.717) is 5.92 Å². The molecular formula is C21H23N3O. The number of para-hydroxylation sites is 1. The van der Waals surface area contributed by atoms with Gasteiger partial charge in [0, 0.05) is 30.9 Å². The van der Waals surface area contributed by atoms with Gasteiger partial charge in [0.05, 0.1) is 0 Å². The lowest BCUT2D eigenvalue weighted by Crippen LogP contribution is -2.34. The van der Waals surface area contributed by atoms with Gasteiger partial charge in [-0.1, -0.05) is 30.3 Å². The standard InChI is InChI=1S/C21H23N3O/c1-2-8-19(9-3-1)25-20-10-4-6-17(14-20)15-24-13-5-7-18(16-24)21-11-12-22-23-21/h1-4,6,8-12,14,18H,5,7,13,15-16H2,(H,22,23)/t18-/m1/s1. The Kier molecular flexibility index (Phi) is 4.79. The van der Waals surface area contributed by atoms with Crippen molar-refractivity contribution in [3.05, 3.63) is 78.1 Å². The van der Waals surface area contributed by atoms with Crippen molar-refractivity contribution in [2.24, 2.45) is 0 Å². The third-order valence-corrected chi connectivity index (χ3v) is 4.75. The Balaban J connectivity index is 1.41. The first-order chi connectivity index (χ1) is 12.4. The van der Waals surface area contributed by atoms with Crippen LogP contribution in [0.15, 0.2) is 66.9 Å². The number of nitrogens with one attached hydrogen (secondary N) is 1. The number of hydrogen-bond donors (Lipinski definition) is 1. The fraction of sp³-hybridized carbons (Fsp3) is 0.286. The van der Waals surface area contributed by atoms with Gasteiger partial charge in [-0.25, -0.2) is 0 Å². The molecule has 1 aromatic heterocycles. The summed E-state index contributed by atoms with van der Waals surface area (Å²) in [5.74, 6) is 2.32. The second-order valence-corrected chi connectivity index (χ2v) is 6.65. The molecule has 1 N–H and O–H groups in total. The number of H-pyrrole nitrogens is 1. The van der Waals surface area contributed by atoms with Gasteiger partial charge < -0.3 is 4.74 Å². The summed E-state index contributed by atoms with van der Waals surface area (Å²) < 4.78 is 5.96. The second kappa shape index (κ2) is 7.53. The van der Waals surface area contributed by atoms with Gasteiger partial charge in [-0.05, 0) is 55.3 Å². The normalized spacial score (nSPS) is 18.2. The van der Waals surface area contributed by atoms with E-state index in [-0.39, 0.29) is 0 Å². The van der Waals surface area contributed by atoms with Gasteiger partial charge in [-0.3, -0.25) is 10.00 Å². The minimum Gasteiger partial charge on any atom is -0.457 e. The number of benzene rings is 2. The van der Waals surface area contributed by atoms with E-state index < -0.39 is 0 Å². The van der Waals surface area contributed by atoms with Crippen LogP contribution in [0, 0.1) is 0 Å². The quantitative estimate of drug-likeness (QED) is 0.743. The first kappa shape index (κ1) is 15.9. The van der Waals surface area contributed by atoms with Gasteiger partial charge in [0.1, 0.15) is 11.5 Å². The van der Waals surface area contributed by atoms with Gasteiger partial charge >= 0.3 is 0 Å². The molecule has 1 atom stereocenters. The molecule has 4 rings (SSSR count). The van der Waals surface area contributed by atoms with Crippen LogP contribution in [-0.4, -0.2) is 28.2 Å². The van der Waals surface area contributed by atoms with Crippen molar-refractivity contribution in [2.75, 3.05) is 13.1 Å². The zero-order chi connectivity index (χ0) is 16.9. The van der Waals surface area contributed by atoms with Gasteiger partial charge in [0.25, 0.3) is 0 Å². The monoisotopic (exact) mass is 333 g/mol. The molecule has 0 bridgehead atoms. The van der Waals surface area contributed by atoms with Gasteiger partial charge in [-0.15, -0.1) is 0 Å². The number of hydrogen-bond acceptors (Lipinski definition) is 3. The highest BCUT2D eigenvalue weighted by atomic mass is 16.5. The predicted molar refractivity (Wildman–Crippen MR) is 98.8 cm³/mol. The number of aromatic amines is 1. The van der Waals surface area contributed by atoms with Crippen molar-refractivity contribution in [2.45, 2.75) is 25.3 Å². The molecule has 1 aliphatic rings. The second-order valence-electron chi connectivity index (χ2n) is 6.65. The SMILES string of the molecule is c1ccc(Oc2cccc(CN3CCC[C@@H](c4ccn[nH]4)C3)c2)cc1. The fourth-order valence-electron chi connectivity index (χ4n) is 3.54. The highest BCUT2D eigenvalue weighted by molar-refractivity contribution is 5.33. The third-order valence-electron chi connectivity index (χ3n) is 4.75. The largest absolute Gasteiger partial charge is 0.457 e. The van der Waals surface area contributed by atoms with E-state index in [9.17, 15) is 0 Å². The molecule has 4 nitrogen and oxygen atoms in total. The van der Waals surface area contributed by atoms with E-state index in [0.717, 1.165) is 31.1 Å². The molecule has 2 heterocycles. The number of piperidine rings is 1. The Bertz CT molecular complexity index is 786. The first-order valence-electron chi connectivity index (χ1n) is 8.90. The lowest BCUT2D eigenvalue weighted by Gasteiger charge is -2.32. The van der Waals surface area contributed by atoms with E-state index in [1.54, 1.807) is 0 Å². The molecule has 0 spiro atoms. The molecule has 2 aromatic carbocycles. The molecule has 0 aliphatic carbocycles. The molecule has 25 heavy (non-hydrogen) atoms. The third kappa shape index (κ3) is 4.09. The molecule has 0 unspecified atom stereocenters. The Morgan fingerprint density at radius 2 is 1.92 bits per heavy atom. The summed E-state index contributed by atoms with van der Waals surface area (Å²) in [6, 6.07) is 20.4. The number of rotatable bonds is 5. The van der Waals surface area contributed by atoms with Gasteiger partial charge in [0.15, 0.2) is 0 Å². The fourth-order valence-corrected chi connectivity index (χ4v) is 3.54. The Morgan fingerprint density at radius 1 is 1.04 bits per heavy atom. The van der Waals surface area contributed by atoms with Crippen LogP contribution in [0.4, 0.5) is 0 Å². The van der Waals surface area contributed by atoms with E-state index in [1.807, 2.05) is 42.6 Å². The summed E-state index contributed by atoms with van der Waals surface area (Å²) in [5.41, 5.74) is 2.55. The first-order valence-corrected chi connectivity index (χ1v) is 8.90. The molecule has 1 aliphatic heterocycles. The molecule has 0 radical (unpaired) electrons. The van der Waals surface area contributed by atoms with Crippen LogP contribution in [0.25, 0.3) is 0 Å². The van der Waals surface area contributed by atoms with Gasteiger partial charge in [0.2, 0.25) is 0 Å². The highest BCUT2D eigenvalue weighted by Crippen LogP contribution is 2.27. The van der Waals surface area contributed by atoms with E-state index in [4.69, 9.17) is 4.74 Å². The molecule has 0 amide bonds. The number of ether oxygens (including phenoxy) is 1. The van der Waals surface area contributed by atoms with E-state index >= 15 is 0 Å². The Hall–Kier alpha value is -2.59. The molecule has 1 fully saturated rings. The highest BCUT2D eigenvalue weighted by Gasteiger charge is 2.22. The summed E-state index contributed by atoms with van der Waals surface area (Å²) in [4.78, 5) is 2.52. The summed E-state index contributed by atoms with van der Waals surface area (Å²) in [6.07, 6.45) is 4.30. The number of aromatic nitrogens is 2. The van der Waals surface area contributed by atoms with E-state index in [2.05, 4.69) is 39.4 Å². The average molecular weight is 333 g/mol. The van der Waals surface area contributed by atoms with Crippen LogP contribution >= 0.6 is 0 Å². The summed E-state index contributed by atoms with van der Waals surface area (Å²) in [6.45, 7) is 3.18. The van der Waals surface area contributed by atoms with Crippen LogP contribution in [0.2, 0.25) is 0 Å². The number of nitrogens with zero attached hydrogens (tertiary/aromatic N) is 2. The van der Waals surface area contributed by atoms with Crippen molar-refractivity contribution in [3.63, 3.8) is 0 Å². The molecule has 0 saturated carbocycles. The maximum Gasteiger partial charge on any atom is 0.127 e. The summed E-state index contributed by atoms with van der Waals surface area (Å²) in [5, 5.41) is 7.23. The van der Waals surface area contributed by atoms with Gasteiger partial charge in [-0.2, -0.15) is 5.10 Å². The average Bonchev–Trinajstić information content (AvgIpc) is 3.18. The zero-order valence-corrected chi connectivity index (χ0v) is 14.3. The molecular weight excluding hydrogens is 310 g/mol.